The largest absolute Gasteiger partial charge is 0.381 e. The second-order valence-corrected chi connectivity index (χ2v) is 5.33. The van der Waals surface area contributed by atoms with Gasteiger partial charge in [-0.15, -0.1) is 0 Å². The Morgan fingerprint density at radius 1 is 1.33 bits per heavy atom. The molecule has 0 bridgehead atoms. The van der Waals surface area contributed by atoms with Gasteiger partial charge in [-0.2, -0.15) is 0 Å². The topological polar surface area (TPSA) is 76.4 Å². The van der Waals surface area contributed by atoms with Crippen LogP contribution in [0.15, 0.2) is 18.2 Å². The van der Waals surface area contributed by atoms with Crippen molar-refractivity contribution in [3.05, 3.63) is 28.3 Å². The molecule has 1 heterocycles. The molecule has 6 nitrogen and oxygen atoms in total. The Hall–Kier alpha value is -1.82. The molecular weight excluding hydrogens is 270 g/mol. The van der Waals surface area contributed by atoms with Crippen molar-refractivity contribution in [1.29, 1.82) is 0 Å². The normalized spacial score (nSPS) is 17.7. The summed E-state index contributed by atoms with van der Waals surface area (Å²) < 4.78 is 5.34. The second-order valence-electron chi connectivity index (χ2n) is 5.33. The van der Waals surface area contributed by atoms with Gasteiger partial charge in [0.1, 0.15) is 11.4 Å². The molecule has 1 aromatic carbocycles. The minimum atomic E-state index is -0.320. The highest BCUT2D eigenvalue weighted by Crippen LogP contribution is 2.33. The fourth-order valence-corrected chi connectivity index (χ4v) is 2.51. The first kappa shape index (κ1) is 15.6. The van der Waals surface area contributed by atoms with Crippen molar-refractivity contribution >= 4 is 17.1 Å². The van der Waals surface area contributed by atoms with Crippen molar-refractivity contribution < 1.29 is 9.66 Å². The molecule has 1 aliphatic heterocycles. The van der Waals surface area contributed by atoms with Gasteiger partial charge in [0.2, 0.25) is 0 Å². The summed E-state index contributed by atoms with van der Waals surface area (Å²) in [4.78, 5) is 11.0. The fraction of sp³-hybridized carbons (Fsp3) is 0.600. The van der Waals surface area contributed by atoms with Crippen molar-refractivity contribution in [3.8, 4) is 0 Å². The fourth-order valence-electron chi connectivity index (χ4n) is 2.51. The maximum Gasteiger partial charge on any atom is 0.315 e. The van der Waals surface area contributed by atoms with E-state index in [1.165, 1.54) is 0 Å². The van der Waals surface area contributed by atoms with E-state index in [2.05, 4.69) is 10.6 Å². The molecule has 1 fully saturated rings. The highest BCUT2D eigenvalue weighted by atomic mass is 16.6. The maximum absolute atomic E-state index is 11.3. The van der Waals surface area contributed by atoms with Crippen molar-refractivity contribution in [3.63, 3.8) is 0 Å². The lowest BCUT2D eigenvalue weighted by molar-refractivity contribution is -0.383. The van der Waals surface area contributed by atoms with Crippen molar-refractivity contribution in [1.82, 2.24) is 0 Å². The van der Waals surface area contributed by atoms with Crippen molar-refractivity contribution in [2.75, 3.05) is 36.9 Å². The van der Waals surface area contributed by atoms with E-state index >= 15 is 0 Å². The first-order chi connectivity index (χ1) is 10.2. The predicted molar refractivity (Wildman–Crippen MR) is 83.9 cm³/mol. The summed E-state index contributed by atoms with van der Waals surface area (Å²) in [5, 5.41) is 17.6. The molecule has 21 heavy (non-hydrogen) atoms. The van der Waals surface area contributed by atoms with E-state index in [4.69, 9.17) is 4.74 Å². The number of benzene rings is 1. The number of para-hydroxylation sites is 1. The Bertz CT molecular complexity index is 473. The van der Waals surface area contributed by atoms with Crippen LogP contribution in [0.2, 0.25) is 0 Å². The summed E-state index contributed by atoms with van der Waals surface area (Å²) in [6.07, 6.45) is 2.99. The molecule has 0 aromatic heterocycles. The zero-order valence-electron chi connectivity index (χ0n) is 12.4. The zero-order valence-corrected chi connectivity index (χ0v) is 12.4. The van der Waals surface area contributed by atoms with Gasteiger partial charge >= 0.3 is 5.69 Å². The summed E-state index contributed by atoms with van der Waals surface area (Å²) in [6, 6.07) is 5.36. The van der Waals surface area contributed by atoms with Crippen LogP contribution in [0, 0.1) is 16.0 Å². The average molecular weight is 293 g/mol. The standard InChI is InChI=1S/C15H23N3O3/c1-2-8-16-13-4-3-5-14(15(13)18(19)20)17-9-6-12-7-10-21-11-12/h3-5,12,16-17H,2,6-11H2,1H3. The van der Waals surface area contributed by atoms with Gasteiger partial charge in [0.05, 0.1) is 4.92 Å². The van der Waals surface area contributed by atoms with Gasteiger partial charge < -0.3 is 15.4 Å². The van der Waals surface area contributed by atoms with E-state index in [1.54, 1.807) is 12.1 Å². The van der Waals surface area contributed by atoms with Crippen LogP contribution >= 0.6 is 0 Å². The second kappa shape index (κ2) is 7.83. The van der Waals surface area contributed by atoms with Gasteiger partial charge in [-0.05, 0) is 37.3 Å². The van der Waals surface area contributed by atoms with E-state index in [9.17, 15) is 10.1 Å². The number of rotatable bonds is 8. The number of hydrogen-bond donors (Lipinski definition) is 2. The van der Waals surface area contributed by atoms with Crippen LogP contribution in [0.4, 0.5) is 17.1 Å². The predicted octanol–water partition coefficient (Wildman–Crippen LogP) is 3.26. The summed E-state index contributed by atoms with van der Waals surface area (Å²) in [5.41, 5.74) is 1.30. The van der Waals surface area contributed by atoms with Gasteiger partial charge in [0.15, 0.2) is 0 Å². The molecule has 1 aliphatic rings. The molecule has 0 amide bonds. The van der Waals surface area contributed by atoms with Gasteiger partial charge in [-0.1, -0.05) is 13.0 Å². The maximum atomic E-state index is 11.3. The van der Waals surface area contributed by atoms with Crippen molar-refractivity contribution in [2.24, 2.45) is 5.92 Å². The Morgan fingerprint density at radius 2 is 2.05 bits per heavy atom. The summed E-state index contributed by atoms with van der Waals surface area (Å²) >= 11 is 0. The van der Waals surface area contributed by atoms with E-state index in [0.717, 1.165) is 45.6 Å². The molecule has 1 aromatic rings. The average Bonchev–Trinajstić information content (AvgIpc) is 2.98. The van der Waals surface area contributed by atoms with Crippen LogP contribution in [-0.4, -0.2) is 31.2 Å². The van der Waals surface area contributed by atoms with Crippen LogP contribution < -0.4 is 10.6 Å². The minimum absolute atomic E-state index is 0.133. The third kappa shape index (κ3) is 4.32. The summed E-state index contributed by atoms with van der Waals surface area (Å²) in [6.45, 7) is 5.13. The van der Waals surface area contributed by atoms with Crippen LogP contribution in [0.1, 0.15) is 26.2 Å². The number of nitro groups is 1. The summed E-state index contributed by atoms with van der Waals surface area (Å²) in [5.74, 6) is 0.568. The minimum Gasteiger partial charge on any atom is -0.381 e. The number of nitrogens with zero attached hydrogens (tertiary/aromatic N) is 1. The first-order valence-corrected chi connectivity index (χ1v) is 7.55. The molecule has 1 atom stereocenters. The lowest BCUT2D eigenvalue weighted by Gasteiger charge is -2.12. The van der Waals surface area contributed by atoms with Crippen LogP contribution in [0.3, 0.4) is 0 Å². The molecule has 1 unspecified atom stereocenters. The number of nitrogens with one attached hydrogen (secondary N) is 2. The monoisotopic (exact) mass is 293 g/mol. The number of anilines is 2. The molecular formula is C15H23N3O3. The van der Waals surface area contributed by atoms with Gasteiger partial charge in [0.25, 0.3) is 0 Å². The van der Waals surface area contributed by atoms with Gasteiger partial charge in [-0.3, -0.25) is 10.1 Å². The molecule has 116 valence electrons. The Kier molecular flexibility index (Phi) is 5.80. The quantitative estimate of drug-likeness (QED) is 0.568. The van der Waals surface area contributed by atoms with E-state index in [1.807, 2.05) is 13.0 Å². The molecule has 6 heteroatoms. The summed E-state index contributed by atoms with van der Waals surface area (Å²) in [7, 11) is 0. The zero-order chi connectivity index (χ0) is 15.1. The molecule has 0 spiro atoms. The van der Waals surface area contributed by atoms with Gasteiger partial charge in [0, 0.05) is 26.3 Å². The lowest BCUT2D eigenvalue weighted by atomic mass is 10.1. The highest BCUT2D eigenvalue weighted by molar-refractivity contribution is 5.76. The smallest absolute Gasteiger partial charge is 0.315 e. The Morgan fingerprint density at radius 3 is 2.62 bits per heavy atom. The Balaban J connectivity index is 2.01. The molecule has 2 N–H and O–H groups in total. The van der Waals surface area contributed by atoms with Crippen molar-refractivity contribution in [2.45, 2.75) is 26.2 Å². The number of ether oxygens (including phenoxy) is 1. The SMILES string of the molecule is CCCNc1cccc(NCCC2CCOC2)c1[N+](=O)[O-]. The molecule has 0 radical (unpaired) electrons. The van der Waals surface area contributed by atoms with E-state index in [0.29, 0.717) is 17.3 Å². The molecule has 2 rings (SSSR count). The lowest BCUT2D eigenvalue weighted by Crippen LogP contribution is -2.11. The van der Waals surface area contributed by atoms with Crippen LogP contribution in [0.5, 0.6) is 0 Å². The van der Waals surface area contributed by atoms with E-state index in [-0.39, 0.29) is 10.6 Å². The third-order valence-corrected chi connectivity index (χ3v) is 3.68. The van der Waals surface area contributed by atoms with Crippen LogP contribution in [-0.2, 0) is 4.74 Å². The van der Waals surface area contributed by atoms with Crippen LogP contribution in [0.25, 0.3) is 0 Å². The molecule has 0 aliphatic carbocycles. The molecule has 0 saturated carbocycles. The van der Waals surface area contributed by atoms with E-state index < -0.39 is 0 Å². The van der Waals surface area contributed by atoms with Gasteiger partial charge in [-0.25, -0.2) is 0 Å². The first-order valence-electron chi connectivity index (χ1n) is 7.55. The Labute approximate surface area is 125 Å². The number of hydrogen-bond acceptors (Lipinski definition) is 5. The highest BCUT2D eigenvalue weighted by Gasteiger charge is 2.20. The number of nitro benzene ring substituents is 1. The third-order valence-electron chi connectivity index (χ3n) is 3.68. The molecule has 1 saturated heterocycles.